The Morgan fingerprint density at radius 3 is 1.08 bits per heavy atom. The molecule has 61 heavy (non-hydrogen) atoms. The summed E-state index contributed by atoms with van der Waals surface area (Å²) < 4.78 is 10.7. The lowest BCUT2D eigenvalue weighted by Crippen LogP contribution is -2.28. The zero-order valence-electron chi connectivity index (χ0n) is 39.6. The van der Waals surface area contributed by atoms with Gasteiger partial charge in [-0.3, -0.25) is 9.59 Å². The summed E-state index contributed by atoms with van der Waals surface area (Å²) in [5.41, 5.74) is 0. The number of unbranched alkanes of at least 4 members (excludes halogenated alkanes) is 21. The SMILES string of the molecule is CC/C=C\C/C=C\C/C=C\C/C=C\C/C=C\C/C=C\C/C=C\CCCCCCCCCCCC(=O)OC(CO)COC(=O)CCCCCCC/C=C\CCCCCCCCC. The summed E-state index contributed by atoms with van der Waals surface area (Å²) in [6.07, 6.45) is 72.1. The van der Waals surface area contributed by atoms with E-state index in [0.717, 1.165) is 96.3 Å². The van der Waals surface area contributed by atoms with Gasteiger partial charge in [-0.25, -0.2) is 0 Å². The van der Waals surface area contributed by atoms with Crippen molar-refractivity contribution in [1.29, 1.82) is 0 Å². The number of hydrogen-bond acceptors (Lipinski definition) is 5. The van der Waals surface area contributed by atoms with Crippen molar-refractivity contribution in [2.24, 2.45) is 0 Å². The number of rotatable bonds is 45. The fourth-order valence-corrected chi connectivity index (χ4v) is 6.82. The molecule has 0 bridgehead atoms. The van der Waals surface area contributed by atoms with Crippen LogP contribution in [0.2, 0.25) is 0 Å². The van der Waals surface area contributed by atoms with Crippen molar-refractivity contribution in [3.8, 4) is 0 Å². The number of aliphatic hydroxyl groups excluding tert-OH is 1. The van der Waals surface area contributed by atoms with Crippen LogP contribution in [0, 0.1) is 0 Å². The lowest BCUT2D eigenvalue weighted by Gasteiger charge is -2.15. The minimum Gasteiger partial charge on any atom is -0.462 e. The van der Waals surface area contributed by atoms with Crippen LogP contribution in [0.25, 0.3) is 0 Å². The Kier molecular flexibility index (Phi) is 48.5. The molecule has 0 aromatic carbocycles. The fraction of sp³-hybridized carbons (Fsp3) is 0.679. The second-order valence-corrected chi connectivity index (χ2v) is 16.5. The van der Waals surface area contributed by atoms with Gasteiger partial charge in [-0.2, -0.15) is 0 Å². The van der Waals surface area contributed by atoms with E-state index in [-0.39, 0.29) is 25.2 Å². The second-order valence-electron chi connectivity index (χ2n) is 16.5. The van der Waals surface area contributed by atoms with E-state index < -0.39 is 6.10 Å². The fourth-order valence-electron chi connectivity index (χ4n) is 6.82. The third-order valence-electron chi connectivity index (χ3n) is 10.6. The first-order chi connectivity index (χ1) is 30.1. The largest absolute Gasteiger partial charge is 0.462 e. The molecule has 0 spiro atoms. The van der Waals surface area contributed by atoms with Gasteiger partial charge < -0.3 is 14.6 Å². The van der Waals surface area contributed by atoms with Crippen molar-refractivity contribution in [3.63, 3.8) is 0 Å². The predicted octanol–water partition coefficient (Wildman–Crippen LogP) is 16.8. The standard InChI is InChI=1S/C56H94O5/c1-3-5-7-9-11-13-15-17-19-21-22-23-24-25-26-27-28-29-30-31-32-33-34-35-37-39-41-43-45-47-49-51-56(59)61-54(52-57)53-60-55(58)50-48-46-44-42-40-38-36-20-18-16-14-12-10-8-6-4-2/h5,7,11,13,17,19-20,22-23,25-26,28-29,31-32,36,54,57H,3-4,6,8-10,12,14-16,18,21,24,27,30,33-35,37-53H2,1-2H3/b7-5-,13-11-,19-17-,23-22-,26-25-,29-28-,32-31-,36-20-. The van der Waals surface area contributed by atoms with Gasteiger partial charge in [-0.05, 0) is 96.3 Å². The number of allylic oxidation sites excluding steroid dienone is 16. The average molecular weight is 847 g/mol. The number of ether oxygens (including phenoxy) is 2. The van der Waals surface area contributed by atoms with Crippen LogP contribution in [0.1, 0.15) is 226 Å². The highest BCUT2D eigenvalue weighted by molar-refractivity contribution is 5.70. The highest BCUT2D eigenvalue weighted by atomic mass is 16.6. The van der Waals surface area contributed by atoms with Gasteiger partial charge in [0.05, 0.1) is 6.61 Å². The van der Waals surface area contributed by atoms with Gasteiger partial charge in [-0.1, -0.05) is 214 Å². The van der Waals surface area contributed by atoms with E-state index in [9.17, 15) is 14.7 Å². The normalized spacial score (nSPS) is 13.0. The van der Waals surface area contributed by atoms with Crippen molar-refractivity contribution in [1.82, 2.24) is 0 Å². The van der Waals surface area contributed by atoms with Crippen LogP contribution >= 0.6 is 0 Å². The van der Waals surface area contributed by atoms with Crippen LogP contribution in [-0.4, -0.2) is 36.4 Å². The van der Waals surface area contributed by atoms with Gasteiger partial charge >= 0.3 is 11.9 Å². The number of carbonyl (C=O) groups excluding carboxylic acids is 2. The third kappa shape index (κ3) is 49.4. The molecule has 0 rings (SSSR count). The maximum atomic E-state index is 12.3. The quantitative estimate of drug-likeness (QED) is 0.0375. The van der Waals surface area contributed by atoms with E-state index in [1.165, 1.54) is 103 Å². The molecule has 0 radical (unpaired) electrons. The van der Waals surface area contributed by atoms with Crippen LogP contribution in [0.4, 0.5) is 0 Å². The van der Waals surface area contributed by atoms with Gasteiger partial charge in [0.25, 0.3) is 0 Å². The van der Waals surface area contributed by atoms with Crippen LogP contribution in [0.3, 0.4) is 0 Å². The Morgan fingerprint density at radius 1 is 0.393 bits per heavy atom. The smallest absolute Gasteiger partial charge is 0.306 e. The highest BCUT2D eigenvalue weighted by Crippen LogP contribution is 2.14. The van der Waals surface area contributed by atoms with Crippen LogP contribution < -0.4 is 0 Å². The molecule has 0 saturated heterocycles. The first-order valence-corrected chi connectivity index (χ1v) is 25.3. The van der Waals surface area contributed by atoms with Crippen molar-refractivity contribution >= 4 is 11.9 Å². The molecular formula is C56H94O5. The van der Waals surface area contributed by atoms with E-state index in [2.05, 4.69) is 111 Å². The number of esters is 2. The zero-order chi connectivity index (χ0) is 44.2. The molecule has 1 unspecified atom stereocenters. The topological polar surface area (TPSA) is 72.8 Å². The molecule has 0 heterocycles. The molecule has 1 N–H and O–H groups in total. The lowest BCUT2D eigenvalue weighted by molar-refractivity contribution is -0.161. The third-order valence-corrected chi connectivity index (χ3v) is 10.6. The minimum atomic E-state index is -0.784. The average Bonchev–Trinajstić information content (AvgIpc) is 3.26. The van der Waals surface area contributed by atoms with E-state index >= 15 is 0 Å². The maximum Gasteiger partial charge on any atom is 0.306 e. The Morgan fingerprint density at radius 2 is 0.705 bits per heavy atom. The Labute approximate surface area is 377 Å². The Balaban J connectivity index is 3.58. The number of aliphatic hydroxyl groups is 1. The van der Waals surface area contributed by atoms with E-state index in [0.29, 0.717) is 12.8 Å². The Bertz CT molecular complexity index is 1190. The van der Waals surface area contributed by atoms with E-state index in [1.54, 1.807) is 0 Å². The van der Waals surface area contributed by atoms with Gasteiger partial charge in [0.2, 0.25) is 0 Å². The second kappa shape index (κ2) is 51.2. The molecule has 0 aliphatic carbocycles. The molecule has 0 saturated carbocycles. The number of carbonyl (C=O) groups is 2. The van der Waals surface area contributed by atoms with Crippen LogP contribution in [0.5, 0.6) is 0 Å². The first kappa shape index (κ1) is 57.8. The molecule has 1 atom stereocenters. The number of hydrogen-bond donors (Lipinski definition) is 1. The van der Waals surface area contributed by atoms with Gasteiger partial charge in [0.1, 0.15) is 6.61 Å². The summed E-state index contributed by atoms with van der Waals surface area (Å²) in [7, 11) is 0. The summed E-state index contributed by atoms with van der Waals surface area (Å²) in [5, 5.41) is 9.62. The molecule has 5 nitrogen and oxygen atoms in total. The summed E-state index contributed by atoms with van der Waals surface area (Å²) in [5.74, 6) is -0.610. The maximum absolute atomic E-state index is 12.3. The highest BCUT2D eigenvalue weighted by Gasteiger charge is 2.16. The van der Waals surface area contributed by atoms with Crippen molar-refractivity contribution in [2.45, 2.75) is 232 Å². The minimum absolute atomic E-state index is 0.0765. The molecule has 0 aromatic heterocycles. The van der Waals surface area contributed by atoms with Crippen LogP contribution in [0.15, 0.2) is 97.2 Å². The van der Waals surface area contributed by atoms with Gasteiger partial charge in [0, 0.05) is 12.8 Å². The Hall–Kier alpha value is -3.18. The molecule has 0 aromatic rings. The summed E-state index contributed by atoms with van der Waals surface area (Å²) in [6.45, 7) is 4.01. The molecular weight excluding hydrogens is 753 g/mol. The molecule has 0 aliphatic rings. The monoisotopic (exact) mass is 847 g/mol. The van der Waals surface area contributed by atoms with E-state index in [1.807, 2.05) is 0 Å². The lowest BCUT2D eigenvalue weighted by atomic mass is 10.1. The van der Waals surface area contributed by atoms with E-state index in [4.69, 9.17) is 9.47 Å². The van der Waals surface area contributed by atoms with Crippen molar-refractivity contribution in [3.05, 3.63) is 97.2 Å². The predicted molar refractivity (Wildman–Crippen MR) is 265 cm³/mol. The first-order valence-electron chi connectivity index (χ1n) is 25.3. The zero-order valence-corrected chi connectivity index (χ0v) is 39.6. The summed E-state index contributed by atoms with van der Waals surface area (Å²) >= 11 is 0. The van der Waals surface area contributed by atoms with Crippen molar-refractivity contribution < 1.29 is 24.2 Å². The summed E-state index contributed by atoms with van der Waals surface area (Å²) in [6, 6.07) is 0. The molecule has 5 heteroatoms. The molecule has 0 aliphatic heterocycles. The molecule has 0 amide bonds. The molecule has 0 fully saturated rings. The van der Waals surface area contributed by atoms with Crippen molar-refractivity contribution in [2.75, 3.05) is 13.2 Å². The van der Waals surface area contributed by atoms with Gasteiger partial charge in [-0.15, -0.1) is 0 Å². The van der Waals surface area contributed by atoms with Crippen LogP contribution in [-0.2, 0) is 19.1 Å². The summed E-state index contributed by atoms with van der Waals surface area (Å²) in [4.78, 5) is 24.4. The van der Waals surface area contributed by atoms with Gasteiger partial charge in [0.15, 0.2) is 6.10 Å². The molecule has 348 valence electrons.